The molecule has 0 fully saturated rings. The number of rotatable bonds is 5. The molecule has 0 atom stereocenters. The summed E-state index contributed by atoms with van der Waals surface area (Å²) in [4.78, 5) is 12.2. The van der Waals surface area contributed by atoms with Crippen LogP contribution in [-0.2, 0) is 0 Å². The third-order valence-electron chi connectivity index (χ3n) is 2.45. The van der Waals surface area contributed by atoms with Gasteiger partial charge in [0.25, 0.3) is 5.91 Å². The Bertz CT molecular complexity index is 636. The van der Waals surface area contributed by atoms with Crippen LogP contribution in [0.4, 0.5) is 0 Å². The third kappa shape index (κ3) is 4.46. The number of ether oxygens (including phenoxy) is 1. The highest BCUT2D eigenvalue weighted by molar-refractivity contribution is 9.10. The van der Waals surface area contributed by atoms with E-state index in [9.17, 15) is 4.79 Å². The first kappa shape index (κ1) is 15.3. The largest absolute Gasteiger partial charge is 0.490 e. The van der Waals surface area contributed by atoms with E-state index in [2.05, 4.69) is 26.5 Å². The van der Waals surface area contributed by atoms with Gasteiger partial charge in [-0.25, -0.2) is 5.43 Å². The monoisotopic (exact) mass is 350 g/mol. The van der Waals surface area contributed by atoms with Crippen molar-refractivity contribution in [1.29, 1.82) is 0 Å². The van der Waals surface area contributed by atoms with Crippen molar-refractivity contribution in [2.24, 2.45) is 5.10 Å². The summed E-state index contributed by atoms with van der Waals surface area (Å²) in [6.45, 7) is 3.80. The van der Waals surface area contributed by atoms with Crippen LogP contribution in [0.1, 0.15) is 30.0 Å². The number of carbonyl (C=O) groups excluding carboxylic acids is 1. The molecule has 0 aliphatic heterocycles. The summed E-state index contributed by atoms with van der Waals surface area (Å²) in [5.41, 5.74) is 2.86. The van der Waals surface area contributed by atoms with Crippen LogP contribution >= 0.6 is 15.9 Å². The second-order valence-corrected chi connectivity index (χ2v) is 5.44. The molecule has 1 amide bonds. The fourth-order valence-corrected chi connectivity index (χ4v) is 1.98. The van der Waals surface area contributed by atoms with Gasteiger partial charge in [0, 0.05) is 4.47 Å². The molecule has 2 aromatic rings. The molecule has 0 aliphatic carbocycles. The van der Waals surface area contributed by atoms with Crippen LogP contribution in [0.15, 0.2) is 50.6 Å². The van der Waals surface area contributed by atoms with Gasteiger partial charge in [0.2, 0.25) is 0 Å². The predicted octanol–water partition coefficient (Wildman–Crippen LogP) is 3.59. The van der Waals surface area contributed by atoms with E-state index in [4.69, 9.17) is 9.15 Å². The molecule has 21 heavy (non-hydrogen) atoms. The number of hydrazone groups is 1. The summed E-state index contributed by atoms with van der Waals surface area (Å²) in [5.74, 6) is 0.719. The Labute approximate surface area is 131 Å². The highest BCUT2D eigenvalue weighted by atomic mass is 79.9. The van der Waals surface area contributed by atoms with Crippen molar-refractivity contribution in [2.75, 3.05) is 0 Å². The zero-order chi connectivity index (χ0) is 15.2. The summed E-state index contributed by atoms with van der Waals surface area (Å²) >= 11 is 3.34. The zero-order valence-electron chi connectivity index (χ0n) is 11.7. The minimum Gasteiger partial charge on any atom is -0.490 e. The topological polar surface area (TPSA) is 63.8 Å². The van der Waals surface area contributed by atoms with Gasteiger partial charge in [0.1, 0.15) is 11.5 Å². The van der Waals surface area contributed by atoms with Crippen LogP contribution in [0.3, 0.4) is 0 Å². The van der Waals surface area contributed by atoms with Crippen molar-refractivity contribution in [3.63, 3.8) is 0 Å². The Morgan fingerprint density at radius 2 is 2.24 bits per heavy atom. The van der Waals surface area contributed by atoms with Crippen LogP contribution in [0.5, 0.6) is 5.75 Å². The summed E-state index contributed by atoms with van der Waals surface area (Å²) in [6, 6.07) is 8.74. The molecular weight excluding hydrogens is 336 g/mol. The van der Waals surface area contributed by atoms with Gasteiger partial charge in [0.15, 0.2) is 0 Å². The van der Waals surface area contributed by atoms with E-state index in [1.54, 1.807) is 24.3 Å². The number of hydrogen-bond acceptors (Lipinski definition) is 4. The molecule has 110 valence electrons. The number of nitrogens with one attached hydrogen (secondary N) is 1. The summed E-state index contributed by atoms with van der Waals surface area (Å²) in [6.07, 6.45) is 2.94. The molecule has 1 aromatic heterocycles. The fourth-order valence-electron chi connectivity index (χ4n) is 1.62. The average Bonchev–Trinajstić information content (AvgIpc) is 2.93. The molecular formula is C15H15BrN2O3. The van der Waals surface area contributed by atoms with E-state index in [-0.39, 0.29) is 12.0 Å². The molecule has 0 radical (unpaired) electrons. The van der Waals surface area contributed by atoms with Gasteiger partial charge >= 0.3 is 0 Å². The first-order chi connectivity index (χ1) is 10.1. The van der Waals surface area contributed by atoms with E-state index in [0.717, 1.165) is 4.47 Å². The molecule has 0 unspecified atom stereocenters. The summed E-state index contributed by atoms with van der Waals surface area (Å²) in [7, 11) is 0. The van der Waals surface area contributed by atoms with Gasteiger partial charge < -0.3 is 9.15 Å². The zero-order valence-corrected chi connectivity index (χ0v) is 13.3. The number of carbonyl (C=O) groups is 1. The molecule has 5 nitrogen and oxygen atoms in total. The Morgan fingerprint density at radius 1 is 1.43 bits per heavy atom. The maximum atomic E-state index is 12.2. The van der Waals surface area contributed by atoms with Gasteiger partial charge in [-0.05, 0) is 44.2 Å². The Morgan fingerprint density at radius 3 is 2.90 bits per heavy atom. The second-order valence-electron chi connectivity index (χ2n) is 4.52. The molecule has 0 saturated heterocycles. The number of nitrogens with zero attached hydrogens (tertiary/aromatic N) is 1. The molecule has 2 rings (SSSR count). The Kier molecular flexibility index (Phi) is 5.16. The third-order valence-corrected chi connectivity index (χ3v) is 2.94. The molecule has 0 aliphatic rings. The highest BCUT2D eigenvalue weighted by Gasteiger charge is 2.13. The van der Waals surface area contributed by atoms with Crippen LogP contribution in [0, 0.1) is 0 Å². The number of hydrogen-bond donors (Lipinski definition) is 1. The Hall–Kier alpha value is -2.08. The predicted molar refractivity (Wildman–Crippen MR) is 83.7 cm³/mol. The molecule has 0 spiro atoms. The van der Waals surface area contributed by atoms with Crippen molar-refractivity contribution in [3.8, 4) is 5.75 Å². The van der Waals surface area contributed by atoms with Gasteiger partial charge in [-0.15, -0.1) is 0 Å². The van der Waals surface area contributed by atoms with E-state index in [0.29, 0.717) is 17.1 Å². The van der Waals surface area contributed by atoms with Crippen molar-refractivity contribution < 1.29 is 13.9 Å². The van der Waals surface area contributed by atoms with Crippen molar-refractivity contribution in [2.45, 2.75) is 20.0 Å². The summed E-state index contributed by atoms with van der Waals surface area (Å²) < 4.78 is 11.5. The lowest BCUT2D eigenvalue weighted by atomic mass is 10.2. The molecule has 0 saturated carbocycles. The smallest absolute Gasteiger partial charge is 0.275 e. The molecule has 6 heteroatoms. The van der Waals surface area contributed by atoms with Crippen LogP contribution in [-0.4, -0.2) is 18.2 Å². The lowest BCUT2D eigenvalue weighted by Crippen LogP contribution is -2.20. The van der Waals surface area contributed by atoms with Crippen LogP contribution in [0.25, 0.3) is 0 Å². The van der Waals surface area contributed by atoms with Crippen molar-refractivity contribution >= 4 is 28.1 Å². The number of furan rings is 1. The van der Waals surface area contributed by atoms with E-state index in [1.807, 2.05) is 19.9 Å². The Balaban J connectivity index is 2.12. The average molecular weight is 351 g/mol. The quantitative estimate of drug-likeness (QED) is 0.661. The number of benzene rings is 1. The first-order valence-corrected chi connectivity index (χ1v) is 7.18. The number of halogens is 1. The van der Waals surface area contributed by atoms with Gasteiger partial charge in [-0.3, -0.25) is 4.79 Å². The van der Waals surface area contributed by atoms with Gasteiger partial charge in [0.05, 0.1) is 24.1 Å². The minimum absolute atomic E-state index is 0.0238. The maximum Gasteiger partial charge on any atom is 0.275 e. The summed E-state index contributed by atoms with van der Waals surface area (Å²) in [5, 5.41) is 3.85. The van der Waals surface area contributed by atoms with Gasteiger partial charge in [-0.2, -0.15) is 5.10 Å². The highest BCUT2D eigenvalue weighted by Crippen LogP contribution is 2.24. The fraction of sp³-hybridized carbons (Fsp3) is 0.200. The van der Waals surface area contributed by atoms with Crippen molar-refractivity contribution in [3.05, 3.63) is 52.4 Å². The molecule has 0 bridgehead atoms. The SMILES string of the molecule is CC(C)Oc1ccc(Br)cc1C(=O)N/N=C\c1ccco1. The second kappa shape index (κ2) is 7.08. The normalized spacial score (nSPS) is 11.0. The molecule has 1 heterocycles. The minimum atomic E-state index is -0.352. The maximum absolute atomic E-state index is 12.2. The van der Waals surface area contributed by atoms with Crippen molar-refractivity contribution in [1.82, 2.24) is 5.43 Å². The standard InChI is InChI=1S/C15H15BrN2O3/c1-10(2)21-14-6-5-11(16)8-13(14)15(19)18-17-9-12-4-3-7-20-12/h3-10H,1-2H3,(H,18,19)/b17-9-. The lowest BCUT2D eigenvalue weighted by molar-refractivity contribution is 0.0949. The molecule has 1 N–H and O–H groups in total. The van der Waals surface area contributed by atoms with E-state index in [1.165, 1.54) is 12.5 Å². The molecule has 1 aromatic carbocycles. The van der Waals surface area contributed by atoms with E-state index < -0.39 is 0 Å². The van der Waals surface area contributed by atoms with Crippen LogP contribution in [0.2, 0.25) is 0 Å². The van der Waals surface area contributed by atoms with Gasteiger partial charge in [-0.1, -0.05) is 15.9 Å². The first-order valence-electron chi connectivity index (χ1n) is 6.39. The van der Waals surface area contributed by atoms with Crippen LogP contribution < -0.4 is 10.2 Å². The number of amides is 1. The lowest BCUT2D eigenvalue weighted by Gasteiger charge is -2.13. The van der Waals surface area contributed by atoms with E-state index >= 15 is 0 Å².